The van der Waals surface area contributed by atoms with E-state index in [0.29, 0.717) is 18.2 Å². The Labute approximate surface area is 135 Å². The van der Waals surface area contributed by atoms with Crippen molar-refractivity contribution < 1.29 is 14.2 Å². The second kappa shape index (κ2) is 7.61. The van der Waals surface area contributed by atoms with Gasteiger partial charge in [-0.05, 0) is 31.6 Å². The first kappa shape index (κ1) is 16.7. The summed E-state index contributed by atoms with van der Waals surface area (Å²) in [6.07, 6.45) is 9.70. The van der Waals surface area contributed by atoms with Crippen molar-refractivity contribution in [1.82, 2.24) is 5.32 Å². The van der Waals surface area contributed by atoms with E-state index < -0.39 is 0 Å². The minimum Gasteiger partial charge on any atom is -0.378 e. The Kier molecular flexibility index (Phi) is 5.77. The van der Waals surface area contributed by atoms with Crippen molar-refractivity contribution in [2.75, 3.05) is 19.8 Å². The van der Waals surface area contributed by atoms with Crippen LogP contribution >= 0.6 is 0 Å². The van der Waals surface area contributed by atoms with Crippen LogP contribution in [0.15, 0.2) is 0 Å². The maximum Gasteiger partial charge on any atom is 0.168 e. The fraction of sp³-hybridized carbons (Fsp3) is 1.00. The van der Waals surface area contributed by atoms with E-state index in [1.54, 1.807) is 0 Å². The molecule has 22 heavy (non-hydrogen) atoms. The summed E-state index contributed by atoms with van der Waals surface area (Å²) in [4.78, 5) is 0. The van der Waals surface area contributed by atoms with Crippen molar-refractivity contribution in [3.05, 3.63) is 0 Å². The summed E-state index contributed by atoms with van der Waals surface area (Å²) in [7, 11) is 0. The standard InChI is InChI=1S/C18H33NO3/c1-3-14(4-2)17-13-16(7-10-20-17)19-15-5-8-18(9-6-15)21-11-12-22-18/h14-17,19H,3-13H2,1-2H3/t16-,17+/m1/s1. The summed E-state index contributed by atoms with van der Waals surface area (Å²) >= 11 is 0. The van der Waals surface area contributed by atoms with Crippen molar-refractivity contribution in [2.45, 2.75) is 89.2 Å². The zero-order valence-corrected chi connectivity index (χ0v) is 14.3. The maximum atomic E-state index is 6.04. The van der Waals surface area contributed by atoms with Gasteiger partial charge in [-0.3, -0.25) is 0 Å². The summed E-state index contributed by atoms with van der Waals surface area (Å²) in [5.41, 5.74) is 0. The van der Waals surface area contributed by atoms with Gasteiger partial charge in [-0.25, -0.2) is 0 Å². The van der Waals surface area contributed by atoms with Crippen molar-refractivity contribution >= 4 is 0 Å². The van der Waals surface area contributed by atoms with Gasteiger partial charge in [0, 0.05) is 31.5 Å². The lowest BCUT2D eigenvalue weighted by Gasteiger charge is -2.40. The van der Waals surface area contributed by atoms with Gasteiger partial charge < -0.3 is 19.5 Å². The van der Waals surface area contributed by atoms with Crippen LogP contribution in [-0.2, 0) is 14.2 Å². The molecule has 0 aromatic carbocycles. The first-order valence-electron chi connectivity index (χ1n) is 9.40. The molecule has 0 radical (unpaired) electrons. The molecule has 1 spiro atoms. The highest BCUT2D eigenvalue weighted by atomic mass is 16.7. The van der Waals surface area contributed by atoms with E-state index in [9.17, 15) is 0 Å². The summed E-state index contributed by atoms with van der Waals surface area (Å²) < 4.78 is 17.7. The number of nitrogens with one attached hydrogen (secondary N) is 1. The molecular formula is C18H33NO3. The largest absolute Gasteiger partial charge is 0.378 e. The molecule has 4 heteroatoms. The molecule has 2 atom stereocenters. The molecule has 0 unspecified atom stereocenters. The van der Waals surface area contributed by atoms with E-state index in [2.05, 4.69) is 19.2 Å². The predicted octanol–water partition coefficient (Wildman–Crippen LogP) is 3.25. The van der Waals surface area contributed by atoms with E-state index in [1.165, 1.54) is 32.1 Å². The van der Waals surface area contributed by atoms with E-state index in [-0.39, 0.29) is 5.79 Å². The van der Waals surface area contributed by atoms with Gasteiger partial charge in [-0.2, -0.15) is 0 Å². The summed E-state index contributed by atoms with van der Waals surface area (Å²) in [6, 6.07) is 1.26. The molecule has 4 nitrogen and oxygen atoms in total. The summed E-state index contributed by atoms with van der Waals surface area (Å²) in [5, 5.41) is 3.91. The van der Waals surface area contributed by atoms with Crippen LogP contribution in [-0.4, -0.2) is 43.8 Å². The van der Waals surface area contributed by atoms with Gasteiger partial charge in [0.05, 0.1) is 19.3 Å². The molecule has 2 aliphatic heterocycles. The number of hydrogen-bond acceptors (Lipinski definition) is 4. The molecule has 1 N–H and O–H groups in total. The highest BCUT2D eigenvalue weighted by molar-refractivity contribution is 4.89. The van der Waals surface area contributed by atoms with Crippen LogP contribution in [0.5, 0.6) is 0 Å². The zero-order chi connectivity index (χ0) is 15.4. The van der Waals surface area contributed by atoms with E-state index in [4.69, 9.17) is 14.2 Å². The lowest BCUT2D eigenvalue weighted by atomic mass is 9.86. The molecular weight excluding hydrogens is 278 g/mol. The molecule has 1 saturated carbocycles. The molecule has 2 heterocycles. The van der Waals surface area contributed by atoms with Crippen molar-refractivity contribution in [3.8, 4) is 0 Å². The molecule has 0 bridgehead atoms. The lowest BCUT2D eigenvalue weighted by Crippen LogP contribution is -2.49. The Morgan fingerprint density at radius 1 is 0.955 bits per heavy atom. The number of rotatable bonds is 5. The minimum absolute atomic E-state index is 0.230. The minimum atomic E-state index is -0.230. The molecule has 0 aromatic rings. The molecule has 3 aliphatic rings. The molecule has 0 aromatic heterocycles. The van der Waals surface area contributed by atoms with Crippen LogP contribution in [0.1, 0.15) is 65.2 Å². The van der Waals surface area contributed by atoms with Crippen LogP contribution in [0, 0.1) is 5.92 Å². The third-order valence-electron chi connectivity index (χ3n) is 5.92. The third kappa shape index (κ3) is 3.84. The van der Waals surface area contributed by atoms with Crippen LogP contribution in [0.3, 0.4) is 0 Å². The Hall–Kier alpha value is -0.160. The number of hydrogen-bond donors (Lipinski definition) is 1. The Morgan fingerprint density at radius 2 is 1.64 bits per heavy atom. The lowest BCUT2D eigenvalue weighted by molar-refractivity contribution is -0.180. The van der Waals surface area contributed by atoms with Gasteiger partial charge >= 0.3 is 0 Å². The van der Waals surface area contributed by atoms with Crippen LogP contribution in [0.4, 0.5) is 0 Å². The van der Waals surface area contributed by atoms with E-state index in [1.807, 2.05) is 0 Å². The molecule has 1 aliphatic carbocycles. The van der Waals surface area contributed by atoms with Gasteiger partial charge in [-0.1, -0.05) is 26.7 Å². The normalized spacial score (nSPS) is 32.9. The smallest absolute Gasteiger partial charge is 0.168 e. The average Bonchev–Trinajstić information content (AvgIpc) is 3.00. The molecule has 0 amide bonds. The average molecular weight is 311 g/mol. The van der Waals surface area contributed by atoms with Crippen molar-refractivity contribution in [3.63, 3.8) is 0 Å². The Balaban J connectivity index is 1.45. The highest BCUT2D eigenvalue weighted by Gasteiger charge is 2.40. The van der Waals surface area contributed by atoms with Gasteiger partial charge in [0.2, 0.25) is 0 Å². The van der Waals surface area contributed by atoms with Crippen molar-refractivity contribution in [2.24, 2.45) is 5.92 Å². The van der Waals surface area contributed by atoms with Gasteiger partial charge in [0.1, 0.15) is 0 Å². The first-order chi connectivity index (χ1) is 10.7. The Morgan fingerprint density at radius 3 is 2.27 bits per heavy atom. The van der Waals surface area contributed by atoms with E-state index >= 15 is 0 Å². The third-order valence-corrected chi connectivity index (χ3v) is 5.92. The predicted molar refractivity (Wildman–Crippen MR) is 86.9 cm³/mol. The second-order valence-electron chi connectivity index (χ2n) is 7.26. The zero-order valence-electron chi connectivity index (χ0n) is 14.3. The monoisotopic (exact) mass is 311 g/mol. The fourth-order valence-corrected chi connectivity index (χ4v) is 4.47. The second-order valence-corrected chi connectivity index (χ2v) is 7.26. The van der Waals surface area contributed by atoms with Crippen molar-refractivity contribution in [1.29, 1.82) is 0 Å². The fourth-order valence-electron chi connectivity index (χ4n) is 4.47. The van der Waals surface area contributed by atoms with E-state index in [0.717, 1.165) is 45.0 Å². The van der Waals surface area contributed by atoms with Crippen LogP contribution < -0.4 is 5.32 Å². The van der Waals surface area contributed by atoms with Gasteiger partial charge in [0.25, 0.3) is 0 Å². The van der Waals surface area contributed by atoms with Gasteiger partial charge in [0.15, 0.2) is 5.79 Å². The quantitative estimate of drug-likeness (QED) is 0.846. The van der Waals surface area contributed by atoms with Crippen LogP contribution in [0.2, 0.25) is 0 Å². The summed E-state index contributed by atoms with van der Waals surface area (Å²) in [5.74, 6) is 0.492. The van der Waals surface area contributed by atoms with Gasteiger partial charge in [-0.15, -0.1) is 0 Å². The highest BCUT2D eigenvalue weighted by Crippen LogP contribution is 2.36. The molecule has 128 valence electrons. The molecule has 3 fully saturated rings. The topological polar surface area (TPSA) is 39.7 Å². The molecule has 3 rings (SSSR count). The SMILES string of the molecule is CCC(CC)[C@@H]1C[C@H](NC2CCC3(CC2)OCCO3)CCO1. The summed E-state index contributed by atoms with van der Waals surface area (Å²) in [6.45, 7) is 7.04. The molecule has 2 saturated heterocycles. The van der Waals surface area contributed by atoms with Crippen LogP contribution in [0.25, 0.3) is 0 Å². The maximum absolute atomic E-state index is 6.04. The Bertz CT molecular complexity index is 329. The number of ether oxygens (including phenoxy) is 3. The first-order valence-corrected chi connectivity index (χ1v) is 9.40.